The van der Waals surface area contributed by atoms with Crippen LogP contribution in [0.3, 0.4) is 0 Å². The summed E-state index contributed by atoms with van der Waals surface area (Å²) in [7, 11) is 1.66. The molecule has 3 aromatic rings. The lowest BCUT2D eigenvalue weighted by molar-refractivity contribution is 0.266. The molecule has 4 nitrogen and oxygen atoms in total. The van der Waals surface area contributed by atoms with Crippen molar-refractivity contribution in [3.63, 3.8) is 0 Å². The van der Waals surface area contributed by atoms with Crippen LogP contribution in [0.4, 0.5) is 0 Å². The molecule has 0 saturated heterocycles. The van der Waals surface area contributed by atoms with E-state index in [-0.39, 0.29) is 6.61 Å². The van der Waals surface area contributed by atoms with Crippen LogP contribution in [-0.4, -0.2) is 21.8 Å². The number of aliphatic hydroxyl groups is 1. The van der Waals surface area contributed by atoms with Crippen molar-refractivity contribution in [1.82, 2.24) is 9.55 Å². The first-order valence-electron chi connectivity index (χ1n) is 7.01. The van der Waals surface area contributed by atoms with E-state index < -0.39 is 0 Å². The third-order valence-corrected chi connectivity index (χ3v) is 3.71. The van der Waals surface area contributed by atoms with Gasteiger partial charge >= 0.3 is 0 Å². The SMILES string of the molecule is CCn1c(CO)nc2cc(-c3ccc(OC)cc3)ccc21. The van der Waals surface area contributed by atoms with Crippen LogP contribution in [0.1, 0.15) is 12.7 Å². The quantitative estimate of drug-likeness (QED) is 0.799. The lowest BCUT2D eigenvalue weighted by Gasteiger charge is -2.05. The summed E-state index contributed by atoms with van der Waals surface area (Å²) in [4.78, 5) is 4.51. The van der Waals surface area contributed by atoms with Crippen molar-refractivity contribution in [3.8, 4) is 16.9 Å². The van der Waals surface area contributed by atoms with Gasteiger partial charge in [0.25, 0.3) is 0 Å². The molecule has 0 aliphatic heterocycles. The Morgan fingerprint density at radius 3 is 2.43 bits per heavy atom. The van der Waals surface area contributed by atoms with Crippen LogP contribution in [0.5, 0.6) is 5.75 Å². The van der Waals surface area contributed by atoms with Gasteiger partial charge in [0.05, 0.1) is 18.1 Å². The van der Waals surface area contributed by atoms with Crippen LogP contribution >= 0.6 is 0 Å². The number of imidazole rings is 1. The van der Waals surface area contributed by atoms with Gasteiger partial charge in [-0.2, -0.15) is 0 Å². The Morgan fingerprint density at radius 2 is 1.81 bits per heavy atom. The van der Waals surface area contributed by atoms with Crippen molar-refractivity contribution in [2.24, 2.45) is 0 Å². The predicted octanol–water partition coefficient (Wildman–Crippen LogP) is 3.22. The van der Waals surface area contributed by atoms with E-state index >= 15 is 0 Å². The summed E-state index contributed by atoms with van der Waals surface area (Å²) in [5.41, 5.74) is 4.19. The number of fused-ring (bicyclic) bond motifs is 1. The second-order valence-electron chi connectivity index (χ2n) is 4.86. The van der Waals surface area contributed by atoms with Crippen molar-refractivity contribution in [2.45, 2.75) is 20.1 Å². The topological polar surface area (TPSA) is 47.3 Å². The molecule has 21 heavy (non-hydrogen) atoms. The number of hydrogen-bond donors (Lipinski definition) is 1. The third-order valence-electron chi connectivity index (χ3n) is 3.71. The molecule has 0 atom stereocenters. The van der Waals surface area contributed by atoms with Gasteiger partial charge in [0, 0.05) is 6.54 Å². The first-order valence-corrected chi connectivity index (χ1v) is 7.01. The van der Waals surface area contributed by atoms with Crippen LogP contribution in [0.15, 0.2) is 42.5 Å². The number of ether oxygens (including phenoxy) is 1. The van der Waals surface area contributed by atoms with E-state index in [1.165, 1.54) is 0 Å². The van der Waals surface area contributed by atoms with Gasteiger partial charge in [0.2, 0.25) is 0 Å². The van der Waals surface area contributed by atoms with Crippen molar-refractivity contribution in [1.29, 1.82) is 0 Å². The maximum Gasteiger partial charge on any atom is 0.135 e. The molecule has 0 unspecified atom stereocenters. The molecular weight excluding hydrogens is 264 g/mol. The summed E-state index contributed by atoms with van der Waals surface area (Å²) < 4.78 is 7.21. The summed E-state index contributed by atoms with van der Waals surface area (Å²) >= 11 is 0. The number of rotatable bonds is 4. The predicted molar refractivity (Wildman–Crippen MR) is 83.3 cm³/mol. The zero-order chi connectivity index (χ0) is 14.8. The van der Waals surface area contributed by atoms with Crippen LogP contribution in [0.2, 0.25) is 0 Å². The number of aliphatic hydroxyl groups excluding tert-OH is 1. The Labute approximate surface area is 123 Å². The highest BCUT2D eigenvalue weighted by molar-refractivity contribution is 5.82. The molecule has 0 amide bonds. The fourth-order valence-electron chi connectivity index (χ4n) is 2.62. The first-order chi connectivity index (χ1) is 10.3. The molecule has 3 rings (SSSR count). The molecule has 2 aromatic carbocycles. The molecule has 0 aliphatic rings. The van der Waals surface area contributed by atoms with Crippen LogP contribution < -0.4 is 4.74 Å². The summed E-state index contributed by atoms with van der Waals surface area (Å²) in [5.74, 6) is 1.55. The molecule has 0 saturated carbocycles. The van der Waals surface area contributed by atoms with E-state index in [1.807, 2.05) is 28.8 Å². The van der Waals surface area contributed by atoms with Crippen molar-refractivity contribution < 1.29 is 9.84 Å². The fraction of sp³-hybridized carbons (Fsp3) is 0.235. The molecule has 0 aliphatic carbocycles. The smallest absolute Gasteiger partial charge is 0.135 e. The molecule has 0 bridgehead atoms. The molecular formula is C17H18N2O2. The van der Waals surface area contributed by atoms with E-state index in [0.717, 1.165) is 34.5 Å². The second kappa shape index (κ2) is 5.58. The molecule has 4 heteroatoms. The Balaban J connectivity index is 2.07. The normalized spacial score (nSPS) is 11.0. The van der Waals surface area contributed by atoms with E-state index in [0.29, 0.717) is 5.82 Å². The standard InChI is InChI=1S/C17H18N2O2/c1-3-19-16-9-6-13(10-15(16)18-17(19)11-20)12-4-7-14(21-2)8-5-12/h4-10,20H,3,11H2,1-2H3. The number of nitrogens with zero attached hydrogens (tertiary/aromatic N) is 2. The van der Waals surface area contributed by atoms with Gasteiger partial charge in [-0.1, -0.05) is 18.2 Å². The molecule has 0 fully saturated rings. The van der Waals surface area contributed by atoms with Crippen molar-refractivity contribution >= 4 is 11.0 Å². The average molecular weight is 282 g/mol. The summed E-state index contributed by atoms with van der Waals surface area (Å²) in [6.45, 7) is 2.81. The van der Waals surface area contributed by atoms with Crippen molar-refractivity contribution in [3.05, 3.63) is 48.3 Å². The molecule has 0 spiro atoms. The zero-order valence-corrected chi connectivity index (χ0v) is 12.2. The second-order valence-corrected chi connectivity index (χ2v) is 4.86. The lowest BCUT2D eigenvalue weighted by Crippen LogP contribution is -2.00. The number of hydrogen-bond acceptors (Lipinski definition) is 3. The highest BCUT2D eigenvalue weighted by Gasteiger charge is 2.09. The molecule has 1 N–H and O–H groups in total. The molecule has 1 aromatic heterocycles. The molecule has 108 valence electrons. The van der Waals surface area contributed by atoms with Crippen LogP contribution in [0.25, 0.3) is 22.2 Å². The van der Waals surface area contributed by atoms with E-state index in [1.54, 1.807) is 7.11 Å². The van der Waals surface area contributed by atoms with E-state index in [9.17, 15) is 5.11 Å². The van der Waals surface area contributed by atoms with Crippen LogP contribution in [0, 0.1) is 0 Å². The summed E-state index contributed by atoms with van der Waals surface area (Å²) in [5, 5.41) is 9.40. The van der Waals surface area contributed by atoms with Gasteiger partial charge in [0.1, 0.15) is 18.2 Å². The van der Waals surface area contributed by atoms with Crippen molar-refractivity contribution in [2.75, 3.05) is 7.11 Å². The maximum absolute atomic E-state index is 9.40. The number of aromatic nitrogens is 2. The highest BCUT2D eigenvalue weighted by atomic mass is 16.5. The van der Waals surface area contributed by atoms with Gasteiger partial charge < -0.3 is 14.4 Å². The Kier molecular flexibility index (Phi) is 3.62. The summed E-state index contributed by atoms with van der Waals surface area (Å²) in [6.07, 6.45) is 0. The third kappa shape index (κ3) is 2.38. The average Bonchev–Trinajstić information content (AvgIpc) is 2.91. The highest BCUT2D eigenvalue weighted by Crippen LogP contribution is 2.26. The van der Waals surface area contributed by atoms with Gasteiger partial charge in [-0.25, -0.2) is 4.98 Å². The van der Waals surface area contributed by atoms with Crippen LogP contribution in [-0.2, 0) is 13.2 Å². The Bertz CT molecular complexity index is 760. The van der Waals surface area contributed by atoms with Gasteiger partial charge in [-0.05, 0) is 42.3 Å². The van der Waals surface area contributed by atoms with E-state index in [2.05, 4.69) is 30.1 Å². The minimum atomic E-state index is -0.0413. The molecule has 0 radical (unpaired) electrons. The van der Waals surface area contributed by atoms with E-state index in [4.69, 9.17) is 4.74 Å². The first kappa shape index (κ1) is 13.6. The van der Waals surface area contributed by atoms with Gasteiger partial charge in [0.15, 0.2) is 0 Å². The molecule has 1 heterocycles. The monoisotopic (exact) mass is 282 g/mol. The zero-order valence-electron chi connectivity index (χ0n) is 12.2. The van der Waals surface area contributed by atoms with Gasteiger partial charge in [-0.15, -0.1) is 0 Å². The Morgan fingerprint density at radius 1 is 1.10 bits per heavy atom. The fourth-order valence-corrected chi connectivity index (χ4v) is 2.62. The Hall–Kier alpha value is -2.33. The number of benzene rings is 2. The minimum absolute atomic E-state index is 0.0413. The lowest BCUT2D eigenvalue weighted by atomic mass is 10.1. The maximum atomic E-state index is 9.40. The van der Waals surface area contributed by atoms with Gasteiger partial charge in [-0.3, -0.25) is 0 Å². The largest absolute Gasteiger partial charge is 0.497 e. The number of methoxy groups -OCH3 is 1. The number of aryl methyl sites for hydroxylation is 1. The minimum Gasteiger partial charge on any atom is -0.497 e. The summed E-state index contributed by atoms with van der Waals surface area (Å²) in [6, 6.07) is 14.2.